The molecule has 0 atom stereocenters. The van der Waals surface area contributed by atoms with Crippen molar-refractivity contribution >= 4 is 12.0 Å². The number of nitrogens with zero attached hydrogens (tertiary/aromatic N) is 2. The van der Waals surface area contributed by atoms with E-state index in [4.69, 9.17) is 5.11 Å². The Kier molecular flexibility index (Phi) is 3.33. The average Bonchev–Trinajstić information content (AvgIpc) is 2.38. The number of hydrogen-bond acceptors (Lipinski definition) is 4. The van der Waals surface area contributed by atoms with Gasteiger partial charge in [-0.1, -0.05) is 6.07 Å². The Morgan fingerprint density at radius 1 is 1.22 bits per heavy atom. The van der Waals surface area contributed by atoms with Crippen molar-refractivity contribution in [3.8, 4) is 17.1 Å². The van der Waals surface area contributed by atoms with Crippen LogP contribution in [0.5, 0.6) is 5.75 Å². The molecule has 0 saturated carbocycles. The molecule has 90 valence electrons. The van der Waals surface area contributed by atoms with Crippen LogP contribution in [0.2, 0.25) is 0 Å². The minimum atomic E-state index is -1.04. The van der Waals surface area contributed by atoms with Crippen LogP contribution in [-0.2, 0) is 4.79 Å². The molecule has 0 bridgehead atoms. The number of aliphatic carboxylic acids is 1. The van der Waals surface area contributed by atoms with Crippen molar-refractivity contribution < 1.29 is 15.0 Å². The second-order valence-electron chi connectivity index (χ2n) is 3.52. The van der Waals surface area contributed by atoms with E-state index >= 15 is 0 Å². The van der Waals surface area contributed by atoms with E-state index in [0.717, 1.165) is 6.08 Å². The van der Waals surface area contributed by atoms with E-state index in [9.17, 15) is 9.90 Å². The molecule has 5 nitrogen and oxygen atoms in total. The number of hydrogen-bond donors (Lipinski definition) is 2. The molecule has 0 fully saturated rings. The molecule has 1 aromatic heterocycles. The monoisotopic (exact) mass is 242 g/mol. The Morgan fingerprint density at radius 2 is 1.94 bits per heavy atom. The Hall–Kier alpha value is -2.69. The van der Waals surface area contributed by atoms with Gasteiger partial charge in [-0.2, -0.15) is 0 Å². The molecular weight excluding hydrogens is 232 g/mol. The van der Waals surface area contributed by atoms with Crippen molar-refractivity contribution in [1.29, 1.82) is 0 Å². The fourth-order valence-corrected chi connectivity index (χ4v) is 1.48. The van der Waals surface area contributed by atoms with Gasteiger partial charge in [-0.15, -0.1) is 0 Å². The molecule has 1 aromatic carbocycles. The van der Waals surface area contributed by atoms with E-state index in [2.05, 4.69) is 9.97 Å². The molecular formula is C13H10N2O3. The van der Waals surface area contributed by atoms with Gasteiger partial charge in [-0.05, 0) is 29.8 Å². The quantitative estimate of drug-likeness (QED) is 0.803. The van der Waals surface area contributed by atoms with Crippen molar-refractivity contribution in [3.63, 3.8) is 0 Å². The molecule has 0 aliphatic carbocycles. The maximum absolute atomic E-state index is 10.5. The number of carbonyl (C=O) groups is 1. The summed E-state index contributed by atoms with van der Waals surface area (Å²) in [5.41, 5.74) is 1.20. The number of carboxylic acid groups (broad SMARTS) is 1. The van der Waals surface area contributed by atoms with Gasteiger partial charge >= 0.3 is 5.97 Å². The van der Waals surface area contributed by atoms with Gasteiger partial charge in [0.25, 0.3) is 0 Å². The topological polar surface area (TPSA) is 83.3 Å². The van der Waals surface area contributed by atoms with Crippen molar-refractivity contribution in [2.45, 2.75) is 0 Å². The highest BCUT2D eigenvalue weighted by atomic mass is 16.4. The zero-order valence-corrected chi connectivity index (χ0v) is 9.32. The lowest BCUT2D eigenvalue weighted by Crippen LogP contribution is -1.91. The predicted octanol–water partition coefficient (Wildman–Crippen LogP) is 1.95. The van der Waals surface area contributed by atoms with E-state index < -0.39 is 5.97 Å². The molecule has 0 saturated heterocycles. The zero-order chi connectivity index (χ0) is 13.0. The van der Waals surface area contributed by atoms with E-state index in [1.807, 2.05) is 0 Å². The van der Waals surface area contributed by atoms with Crippen molar-refractivity contribution in [2.24, 2.45) is 0 Å². The summed E-state index contributed by atoms with van der Waals surface area (Å²) in [4.78, 5) is 18.7. The van der Waals surface area contributed by atoms with Crippen LogP contribution in [0.15, 0.2) is 42.7 Å². The second-order valence-corrected chi connectivity index (χ2v) is 3.52. The molecule has 0 radical (unpaired) electrons. The Balaban J connectivity index is 2.51. The van der Waals surface area contributed by atoms with Gasteiger partial charge in [-0.3, -0.25) is 0 Å². The summed E-state index contributed by atoms with van der Waals surface area (Å²) in [6.07, 6.45) is 5.63. The normalized spacial score (nSPS) is 10.7. The largest absolute Gasteiger partial charge is 0.508 e. The van der Waals surface area contributed by atoms with Gasteiger partial charge in [0, 0.05) is 24.0 Å². The van der Waals surface area contributed by atoms with Gasteiger partial charge in [0.2, 0.25) is 0 Å². The molecule has 0 aliphatic rings. The highest BCUT2D eigenvalue weighted by Gasteiger charge is 2.06. The summed E-state index contributed by atoms with van der Waals surface area (Å²) in [5.74, 6) is -0.536. The maximum atomic E-state index is 10.5. The summed E-state index contributed by atoms with van der Waals surface area (Å²) >= 11 is 0. The Labute approximate surface area is 103 Å². The Bertz CT molecular complexity index is 594. The molecule has 2 aromatic rings. The third kappa shape index (κ3) is 2.70. The van der Waals surface area contributed by atoms with Crippen LogP contribution in [0, 0.1) is 0 Å². The zero-order valence-electron chi connectivity index (χ0n) is 9.32. The lowest BCUT2D eigenvalue weighted by Gasteiger charge is -2.05. The number of rotatable bonds is 3. The van der Waals surface area contributed by atoms with E-state index in [0.29, 0.717) is 17.0 Å². The first-order valence-corrected chi connectivity index (χ1v) is 5.18. The van der Waals surface area contributed by atoms with Gasteiger partial charge in [0.05, 0.1) is 0 Å². The molecule has 0 amide bonds. The smallest absolute Gasteiger partial charge is 0.328 e. The first kappa shape index (κ1) is 11.8. The molecule has 5 heteroatoms. The summed E-state index contributed by atoms with van der Waals surface area (Å²) in [7, 11) is 0. The number of carboxylic acids is 1. The van der Waals surface area contributed by atoms with Crippen LogP contribution >= 0.6 is 0 Å². The van der Waals surface area contributed by atoms with Gasteiger partial charge < -0.3 is 10.2 Å². The van der Waals surface area contributed by atoms with Crippen molar-refractivity contribution in [3.05, 3.63) is 48.3 Å². The number of aromatic nitrogens is 2. The number of phenols is 1. The van der Waals surface area contributed by atoms with E-state index in [-0.39, 0.29) is 5.75 Å². The summed E-state index contributed by atoms with van der Waals surface area (Å²) in [6.45, 7) is 0. The Morgan fingerprint density at radius 3 is 2.61 bits per heavy atom. The summed E-state index contributed by atoms with van der Waals surface area (Å²) in [6, 6.07) is 6.27. The third-order valence-electron chi connectivity index (χ3n) is 2.25. The molecule has 0 unspecified atom stereocenters. The van der Waals surface area contributed by atoms with Gasteiger partial charge in [-0.25, -0.2) is 14.8 Å². The highest BCUT2D eigenvalue weighted by Crippen LogP contribution is 2.25. The van der Waals surface area contributed by atoms with Crippen LogP contribution in [0.1, 0.15) is 5.56 Å². The molecule has 0 spiro atoms. The van der Waals surface area contributed by atoms with Crippen LogP contribution in [0.4, 0.5) is 0 Å². The molecule has 2 N–H and O–H groups in total. The lowest BCUT2D eigenvalue weighted by molar-refractivity contribution is -0.131. The molecule has 18 heavy (non-hydrogen) atoms. The van der Waals surface area contributed by atoms with Crippen molar-refractivity contribution in [2.75, 3.05) is 0 Å². The van der Waals surface area contributed by atoms with Crippen LogP contribution in [0.3, 0.4) is 0 Å². The van der Waals surface area contributed by atoms with Crippen LogP contribution in [0.25, 0.3) is 17.5 Å². The molecule has 1 heterocycles. The van der Waals surface area contributed by atoms with Crippen LogP contribution in [-0.4, -0.2) is 26.2 Å². The van der Waals surface area contributed by atoms with E-state index in [1.165, 1.54) is 18.2 Å². The SMILES string of the molecule is O=C(O)/C=C/c1ccc(O)cc1-c1ncccn1. The van der Waals surface area contributed by atoms with Gasteiger partial charge in [0.1, 0.15) is 5.75 Å². The minimum absolute atomic E-state index is 0.0740. The standard InChI is InChI=1S/C13H10N2O3/c16-10-4-2-9(3-5-12(17)18)11(8-10)13-14-6-1-7-15-13/h1-8,16H,(H,17,18)/b5-3+. The number of phenolic OH excluding ortho intramolecular Hbond substituents is 1. The van der Waals surface area contributed by atoms with Crippen LogP contribution < -0.4 is 0 Å². The van der Waals surface area contributed by atoms with Gasteiger partial charge in [0.15, 0.2) is 5.82 Å². The fourth-order valence-electron chi connectivity index (χ4n) is 1.48. The number of aromatic hydroxyl groups is 1. The maximum Gasteiger partial charge on any atom is 0.328 e. The fraction of sp³-hybridized carbons (Fsp3) is 0. The molecule has 2 rings (SSSR count). The minimum Gasteiger partial charge on any atom is -0.508 e. The third-order valence-corrected chi connectivity index (χ3v) is 2.25. The van der Waals surface area contributed by atoms with Crippen molar-refractivity contribution in [1.82, 2.24) is 9.97 Å². The first-order chi connectivity index (χ1) is 8.66. The van der Waals surface area contributed by atoms with E-state index in [1.54, 1.807) is 24.5 Å². The highest BCUT2D eigenvalue weighted by molar-refractivity contribution is 5.87. The number of benzene rings is 1. The second kappa shape index (κ2) is 5.09. The summed E-state index contributed by atoms with van der Waals surface area (Å²) in [5, 5.41) is 18.1. The first-order valence-electron chi connectivity index (χ1n) is 5.18. The molecule has 0 aliphatic heterocycles. The predicted molar refractivity (Wildman–Crippen MR) is 65.8 cm³/mol. The lowest BCUT2D eigenvalue weighted by atomic mass is 10.1. The summed E-state index contributed by atoms with van der Waals surface area (Å²) < 4.78 is 0. The average molecular weight is 242 g/mol.